The molecule has 0 aliphatic heterocycles. The molecule has 0 unspecified atom stereocenters. The Kier molecular flexibility index (Phi) is 3.69. The van der Waals surface area contributed by atoms with Gasteiger partial charge >= 0.3 is 0 Å². The Balaban J connectivity index is 1.90. The summed E-state index contributed by atoms with van der Waals surface area (Å²) in [6.45, 7) is 2.02. The maximum Gasteiger partial charge on any atom is 0.250 e. The van der Waals surface area contributed by atoms with Gasteiger partial charge in [0.15, 0.2) is 0 Å². The standard InChI is InChI=1S/C17H21N3O/c1-2-8-19-12-4-3-11(10-12)13-5-6-15(17(18)21)16-14(13)7-9-20-16/h2,5-9,11-12,19-20H,3-4,10H2,1H3,(H2,18,21)/t11-,12+/m0/s1. The molecule has 1 aliphatic rings. The summed E-state index contributed by atoms with van der Waals surface area (Å²) >= 11 is 0. The first-order chi connectivity index (χ1) is 10.2. The Morgan fingerprint density at radius 2 is 2.24 bits per heavy atom. The Bertz CT molecular complexity index is 686. The first-order valence-electron chi connectivity index (χ1n) is 7.47. The molecule has 1 heterocycles. The molecule has 4 nitrogen and oxygen atoms in total. The Morgan fingerprint density at radius 1 is 1.38 bits per heavy atom. The monoisotopic (exact) mass is 283 g/mol. The second-order valence-electron chi connectivity index (χ2n) is 5.71. The fourth-order valence-corrected chi connectivity index (χ4v) is 3.39. The van der Waals surface area contributed by atoms with Gasteiger partial charge in [-0.05, 0) is 56.0 Å². The van der Waals surface area contributed by atoms with E-state index in [-0.39, 0.29) is 5.91 Å². The summed E-state index contributed by atoms with van der Waals surface area (Å²) in [7, 11) is 0. The Labute approximate surface area is 124 Å². The topological polar surface area (TPSA) is 70.9 Å². The van der Waals surface area contributed by atoms with Gasteiger partial charge in [0.25, 0.3) is 5.91 Å². The smallest absolute Gasteiger partial charge is 0.250 e. The number of fused-ring (bicyclic) bond motifs is 1. The van der Waals surface area contributed by atoms with Crippen molar-refractivity contribution in [2.24, 2.45) is 5.73 Å². The number of H-pyrrole nitrogens is 1. The summed E-state index contributed by atoms with van der Waals surface area (Å²) in [5.41, 5.74) is 8.20. The van der Waals surface area contributed by atoms with E-state index in [2.05, 4.69) is 16.4 Å². The van der Waals surface area contributed by atoms with Crippen LogP contribution in [0.2, 0.25) is 0 Å². The van der Waals surface area contributed by atoms with E-state index in [1.54, 1.807) is 0 Å². The van der Waals surface area contributed by atoms with E-state index in [4.69, 9.17) is 5.73 Å². The largest absolute Gasteiger partial charge is 0.388 e. The zero-order chi connectivity index (χ0) is 14.8. The lowest BCUT2D eigenvalue weighted by Crippen LogP contribution is -2.20. The molecule has 1 aromatic carbocycles. The highest BCUT2D eigenvalue weighted by atomic mass is 16.1. The Morgan fingerprint density at radius 3 is 3.00 bits per heavy atom. The minimum Gasteiger partial charge on any atom is -0.388 e. The number of rotatable bonds is 4. The molecule has 0 spiro atoms. The summed E-state index contributed by atoms with van der Waals surface area (Å²) in [5, 5.41) is 4.57. The average Bonchev–Trinajstić information content (AvgIpc) is 3.13. The summed E-state index contributed by atoms with van der Waals surface area (Å²) < 4.78 is 0. The van der Waals surface area contributed by atoms with E-state index >= 15 is 0 Å². The summed E-state index contributed by atoms with van der Waals surface area (Å²) in [4.78, 5) is 14.7. The van der Waals surface area contributed by atoms with Crippen molar-refractivity contribution in [2.45, 2.75) is 38.1 Å². The number of nitrogens with one attached hydrogen (secondary N) is 2. The summed E-state index contributed by atoms with van der Waals surface area (Å²) in [5.74, 6) is 0.154. The van der Waals surface area contributed by atoms with Crippen molar-refractivity contribution in [3.8, 4) is 0 Å². The van der Waals surface area contributed by atoms with Gasteiger partial charge in [-0.1, -0.05) is 12.1 Å². The molecule has 110 valence electrons. The number of nitrogens with two attached hydrogens (primary N) is 1. The van der Waals surface area contributed by atoms with E-state index in [9.17, 15) is 4.79 Å². The van der Waals surface area contributed by atoms with Gasteiger partial charge in [0, 0.05) is 17.6 Å². The predicted octanol–water partition coefficient (Wildman–Crippen LogP) is 3.03. The van der Waals surface area contributed by atoms with Crippen molar-refractivity contribution < 1.29 is 4.79 Å². The van der Waals surface area contributed by atoms with Crippen LogP contribution in [0.5, 0.6) is 0 Å². The highest BCUT2D eigenvalue weighted by Crippen LogP contribution is 2.38. The zero-order valence-corrected chi connectivity index (χ0v) is 12.2. The Hall–Kier alpha value is -2.23. The van der Waals surface area contributed by atoms with Crippen molar-refractivity contribution in [3.05, 3.63) is 47.8 Å². The minimum absolute atomic E-state index is 0.381. The molecule has 1 amide bonds. The van der Waals surface area contributed by atoms with Crippen LogP contribution in [0.3, 0.4) is 0 Å². The number of carbonyl (C=O) groups is 1. The van der Waals surface area contributed by atoms with Gasteiger partial charge in [-0.3, -0.25) is 4.79 Å². The molecule has 3 rings (SSSR count). The van der Waals surface area contributed by atoms with Gasteiger partial charge in [0.2, 0.25) is 0 Å². The molecular weight excluding hydrogens is 262 g/mol. The normalized spacial score (nSPS) is 22.1. The molecule has 1 fully saturated rings. The average molecular weight is 283 g/mol. The lowest BCUT2D eigenvalue weighted by atomic mass is 9.92. The van der Waals surface area contributed by atoms with Crippen LogP contribution in [-0.2, 0) is 0 Å². The number of amides is 1. The highest BCUT2D eigenvalue weighted by Gasteiger charge is 2.27. The van der Waals surface area contributed by atoms with Gasteiger partial charge < -0.3 is 16.0 Å². The van der Waals surface area contributed by atoms with Crippen LogP contribution in [0.1, 0.15) is 48.0 Å². The number of primary amides is 1. The third-order valence-corrected chi connectivity index (χ3v) is 4.39. The van der Waals surface area contributed by atoms with Crippen LogP contribution in [0.4, 0.5) is 0 Å². The van der Waals surface area contributed by atoms with Crippen molar-refractivity contribution in [2.75, 3.05) is 0 Å². The van der Waals surface area contributed by atoms with E-state index in [0.717, 1.165) is 17.3 Å². The third-order valence-electron chi connectivity index (χ3n) is 4.39. The van der Waals surface area contributed by atoms with Gasteiger partial charge in [0.05, 0.1) is 11.1 Å². The number of hydrogen-bond acceptors (Lipinski definition) is 2. The number of carbonyl (C=O) groups excluding carboxylic acids is 1. The molecule has 0 radical (unpaired) electrons. The molecule has 21 heavy (non-hydrogen) atoms. The SMILES string of the molecule is CC=CN[C@@H]1CC[C@H](c2ccc(C(N)=O)c3[nH]ccc23)C1. The highest BCUT2D eigenvalue weighted by molar-refractivity contribution is 6.05. The number of benzene rings is 1. The lowest BCUT2D eigenvalue weighted by molar-refractivity contribution is 0.100. The number of allylic oxidation sites excluding steroid dienone is 1. The molecule has 1 aromatic heterocycles. The quantitative estimate of drug-likeness (QED) is 0.807. The van der Waals surface area contributed by atoms with Crippen molar-refractivity contribution >= 4 is 16.8 Å². The van der Waals surface area contributed by atoms with E-state index in [1.165, 1.54) is 18.4 Å². The third kappa shape index (κ3) is 2.53. The zero-order valence-electron chi connectivity index (χ0n) is 12.2. The van der Waals surface area contributed by atoms with Crippen LogP contribution in [0.25, 0.3) is 10.9 Å². The van der Waals surface area contributed by atoms with Crippen molar-refractivity contribution in [1.82, 2.24) is 10.3 Å². The molecule has 0 bridgehead atoms. The minimum atomic E-state index is -0.381. The van der Waals surface area contributed by atoms with Crippen LogP contribution in [0, 0.1) is 0 Å². The van der Waals surface area contributed by atoms with Crippen molar-refractivity contribution in [3.63, 3.8) is 0 Å². The van der Waals surface area contributed by atoms with Gasteiger partial charge in [0.1, 0.15) is 0 Å². The first-order valence-corrected chi connectivity index (χ1v) is 7.47. The maximum atomic E-state index is 11.5. The molecule has 1 aliphatic carbocycles. The fraction of sp³-hybridized carbons (Fsp3) is 0.353. The predicted molar refractivity (Wildman–Crippen MR) is 85.1 cm³/mol. The van der Waals surface area contributed by atoms with Gasteiger partial charge in [-0.2, -0.15) is 0 Å². The molecular formula is C17H21N3O. The van der Waals surface area contributed by atoms with Crippen LogP contribution >= 0.6 is 0 Å². The van der Waals surface area contributed by atoms with Gasteiger partial charge in [-0.25, -0.2) is 0 Å². The van der Waals surface area contributed by atoms with Gasteiger partial charge in [-0.15, -0.1) is 0 Å². The molecule has 4 N–H and O–H groups in total. The summed E-state index contributed by atoms with van der Waals surface area (Å²) in [6, 6.07) is 6.50. The molecule has 0 saturated heterocycles. The number of aromatic nitrogens is 1. The van der Waals surface area contributed by atoms with E-state index in [1.807, 2.05) is 37.5 Å². The molecule has 4 heteroatoms. The lowest BCUT2D eigenvalue weighted by Gasteiger charge is -2.14. The number of hydrogen-bond donors (Lipinski definition) is 3. The fourth-order valence-electron chi connectivity index (χ4n) is 3.39. The van der Waals surface area contributed by atoms with E-state index < -0.39 is 0 Å². The molecule has 2 atom stereocenters. The first kappa shape index (κ1) is 13.7. The second-order valence-corrected chi connectivity index (χ2v) is 5.71. The summed E-state index contributed by atoms with van der Waals surface area (Å²) in [6.07, 6.45) is 9.41. The molecule has 1 saturated carbocycles. The van der Waals surface area contributed by atoms with E-state index in [0.29, 0.717) is 17.5 Å². The number of aromatic amines is 1. The van der Waals surface area contributed by atoms with Crippen LogP contribution in [-0.4, -0.2) is 16.9 Å². The van der Waals surface area contributed by atoms with Crippen LogP contribution in [0.15, 0.2) is 36.7 Å². The molecule has 2 aromatic rings. The maximum absolute atomic E-state index is 11.5. The van der Waals surface area contributed by atoms with Crippen LogP contribution < -0.4 is 11.1 Å². The second kappa shape index (κ2) is 5.64. The van der Waals surface area contributed by atoms with Crippen molar-refractivity contribution in [1.29, 1.82) is 0 Å².